The van der Waals surface area contributed by atoms with Crippen LogP contribution in [-0.2, 0) is 0 Å². The summed E-state index contributed by atoms with van der Waals surface area (Å²) in [6, 6.07) is 13.0. The number of thioether (sulfide) groups is 1. The first-order chi connectivity index (χ1) is 13.0. The van der Waals surface area contributed by atoms with Crippen LogP contribution in [0.25, 0.3) is 16.8 Å². The molecule has 0 saturated carbocycles. The first kappa shape index (κ1) is 18.6. The van der Waals surface area contributed by atoms with Crippen molar-refractivity contribution in [2.45, 2.75) is 39.7 Å². The van der Waals surface area contributed by atoms with E-state index in [1.54, 1.807) is 15.4 Å². The molecule has 0 nitrogen and oxygen atoms in total. The Balaban J connectivity index is 0.000000137. The van der Waals surface area contributed by atoms with Crippen molar-refractivity contribution in [3.63, 3.8) is 0 Å². The molecule has 3 aliphatic rings. The first-order valence-corrected chi connectivity index (χ1v) is 11.1. The van der Waals surface area contributed by atoms with Gasteiger partial charge in [-0.05, 0) is 59.5 Å². The normalized spacial score (nSPS) is 22.8. The molecule has 0 bridgehead atoms. The molecule has 0 amide bonds. The van der Waals surface area contributed by atoms with Crippen LogP contribution in [0.5, 0.6) is 0 Å². The highest BCUT2D eigenvalue weighted by Gasteiger charge is 2.30. The molecule has 2 unspecified atom stereocenters. The molecule has 0 fully saturated rings. The van der Waals surface area contributed by atoms with Gasteiger partial charge in [0, 0.05) is 21.1 Å². The van der Waals surface area contributed by atoms with Gasteiger partial charge in [-0.2, -0.15) is 0 Å². The number of rotatable bonds is 1. The number of fused-ring (bicyclic) bond motifs is 4. The molecule has 1 aliphatic heterocycles. The number of allylic oxidation sites excluding steroid dienone is 7. The van der Waals surface area contributed by atoms with E-state index >= 15 is 0 Å². The van der Waals surface area contributed by atoms with Crippen LogP contribution < -0.4 is 0 Å². The van der Waals surface area contributed by atoms with Crippen molar-refractivity contribution in [2.75, 3.05) is 0 Å². The second-order valence-electron chi connectivity index (χ2n) is 7.59. The molecule has 0 N–H and O–H groups in total. The lowest BCUT2D eigenvalue weighted by Crippen LogP contribution is -1.96. The van der Waals surface area contributed by atoms with E-state index in [4.69, 9.17) is 0 Å². The van der Waals surface area contributed by atoms with Crippen LogP contribution in [0.15, 0.2) is 75.1 Å². The Morgan fingerprint density at radius 3 is 2.48 bits per heavy atom. The van der Waals surface area contributed by atoms with Crippen LogP contribution in [0.2, 0.25) is 0 Å². The van der Waals surface area contributed by atoms with Gasteiger partial charge in [0.2, 0.25) is 0 Å². The smallest absolute Gasteiger partial charge is 0.0392 e. The van der Waals surface area contributed by atoms with E-state index in [0.29, 0.717) is 11.5 Å². The fourth-order valence-corrected chi connectivity index (χ4v) is 5.95. The molecule has 0 aromatic heterocycles. The summed E-state index contributed by atoms with van der Waals surface area (Å²) in [7, 11) is 3.77. The van der Waals surface area contributed by atoms with Crippen LogP contribution >= 0.6 is 11.8 Å². The highest BCUT2D eigenvalue weighted by molar-refractivity contribution is 8.07. The van der Waals surface area contributed by atoms with Gasteiger partial charge in [0.1, 0.15) is 0 Å². The van der Waals surface area contributed by atoms with Crippen molar-refractivity contribution in [3.8, 4) is 0 Å². The van der Waals surface area contributed by atoms with Crippen LogP contribution in [0.4, 0.5) is 0 Å². The van der Waals surface area contributed by atoms with Crippen LogP contribution in [0, 0.1) is 5.92 Å². The standard InChI is InChI=1S/C14H11Si.C11H14S/c1-9-8-13-11-5-3-2-4-10(11)6-7-12(13)14(9)15;1-4-9-8(3)11-7(2)5-6-10(11)12-9/h2-8,14H,1H3;5-6,11H,4H2,1-3H3. The van der Waals surface area contributed by atoms with Gasteiger partial charge in [-0.25, -0.2) is 0 Å². The molecule has 2 aromatic rings. The monoisotopic (exact) mass is 385 g/mol. The zero-order valence-corrected chi connectivity index (χ0v) is 18.3. The van der Waals surface area contributed by atoms with Crippen LogP contribution in [0.1, 0.15) is 50.8 Å². The summed E-state index contributed by atoms with van der Waals surface area (Å²) >= 11 is 1.98. The van der Waals surface area contributed by atoms with E-state index < -0.39 is 0 Å². The van der Waals surface area contributed by atoms with Crippen molar-refractivity contribution in [3.05, 3.63) is 86.2 Å². The molecule has 5 rings (SSSR count). The average molecular weight is 386 g/mol. The summed E-state index contributed by atoms with van der Waals surface area (Å²) in [6.07, 6.45) is 8.01. The molecule has 2 aromatic carbocycles. The van der Waals surface area contributed by atoms with Crippen molar-refractivity contribution < 1.29 is 0 Å². The molecular formula is C25H25SSi. The molecule has 1 heterocycles. The van der Waals surface area contributed by atoms with E-state index in [2.05, 4.69) is 92.6 Å². The molecule has 2 atom stereocenters. The Bertz CT molecular complexity index is 1040. The van der Waals surface area contributed by atoms with Crippen molar-refractivity contribution in [1.29, 1.82) is 0 Å². The van der Waals surface area contributed by atoms with Crippen LogP contribution in [-0.4, -0.2) is 10.2 Å². The summed E-state index contributed by atoms with van der Waals surface area (Å²) < 4.78 is 0. The minimum atomic E-state index is 0.393. The average Bonchev–Trinajstić information content (AvgIpc) is 3.30. The topological polar surface area (TPSA) is 0 Å². The van der Waals surface area contributed by atoms with Crippen molar-refractivity contribution in [2.24, 2.45) is 5.92 Å². The second-order valence-corrected chi connectivity index (χ2v) is 9.33. The van der Waals surface area contributed by atoms with E-state index in [1.807, 2.05) is 11.8 Å². The summed E-state index contributed by atoms with van der Waals surface area (Å²) in [5.41, 5.74) is 7.65. The highest BCUT2D eigenvalue weighted by atomic mass is 32.2. The van der Waals surface area contributed by atoms with Gasteiger partial charge in [-0.3, -0.25) is 0 Å². The van der Waals surface area contributed by atoms with Gasteiger partial charge >= 0.3 is 0 Å². The lowest BCUT2D eigenvalue weighted by Gasteiger charge is -2.08. The molecule has 3 radical (unpaired) electrons. The van der Waals surface area contributed by atoms with E-state index in [-0.39, 0.29) is 0 Å². The molecular weight excluding hydrogens is 360 g/mol. The van der Waals surface area contributed by atoms with Crippen molar-refractivity contribution in [1.82, 2.24) is 0 Å². The first-order valence-electron chi connectivity index (χ1n) is 9.68. The predicted octanol–water partition coefficient (Wildman–Crippen LogP) is 7.34. The van der Waals surface area contributed by atoms with E-state index in [0.717, 1.165) is 0 Å². The summed E-state index contributed by atoms with van der Waals surface area (Å²) in [5.74, 6) is 0.657. The van der Waals surface area contributed by atoms with Gasteiger partial charge in [0.05, 0.1) is 0 Å². The number of benzene rings is 2. The second kappa shape index (κ2) is 7.33. The largest absolute Gasteiger partial charge is 0.0981 e. The zero-order chi connectivity index (χ0) is 19.1. The Hall–Kier alpha value is -1.77. The Morgan fingerprint density at radius 1 is 0.963 bits per heavy atom. The lowest BCUT2D eigenvalue weighted by molar-refractivity contribution is 0.895. The fraction of sp³-hybridized carbons (Fsp3) is 0.280. The van der Waals surface area contributed by atoms with Gasteiger partial charge < -0.3 is 0 Å². The quantitative estimate of drug-likeness (QED) is 0.463. The Morgan fingerprint density at radius 2 is 1.74 bits per heavy atom. The van der Waals surface area contributed by atoms with Gasteiger partial charge in [0.25, 0.3) is 0 Å². The summed E-state index contributed by atoms with van der Waals surface area (Å²) in [6.45, 7) is 8.93. The Kier molecular flexibility index (Phi) is 5.05. The minimum Gasteiger partial charge on any atom is -0.0981 e. The zero-order valence-electron chi connectivity index (χ0n) is 16.5. The molecule has 27 heavy (non-hydrogen) atoms. The third-order valence-electron chi connectivity index (χ3n) is 5.83. The maximum absolute atomic E-state index is 3.77. The highest BCUT2D eigenvalue weighted by Crippen LogP contribution is 2.51. The van der Waals surface area contributed by atoms with Gasteiger partial charge in [-0.15, -0.1) is 0 Å². The number of hydrogen-bond acceptors (Lipinski definition) is 1. The lowest BCUT2D eigenvalue weighted by atomic mass is 9.95. The molecule has 2 heteroatoms. The minimum absolute atomic E-state index is 0.393. The Labute approximate surface area is 170 Å². The summed E-state index contributed by atoms with van der Waals surface area (Å²) in [5, 5.41) is 2.68. The van der Waals surface area contributed by atoms with Gasteiger partial charge in [0.15, 0.2) is 0 Å². The third-order valence-corrected chi connectivity index (χ3v) is 8.06. The predicted molar refractivity (Wildman–Crippen MR) is 122 cm³/mol. The van der Waals surface area contributed by atoms with E-state index in [9.17, 15) is 0 Å². The molecule has 135 valence electrons. The third kappa shape index (κ3) is 3.19. The molecule has 2 aliphatic carbocycles. The van der Waals surface area contributed by atoms with Crippen molar-refractivity contribution >= 4 is 38.9 Å². The van der Waals surface area contributed by atoms with Gasteiger partial charge in [-0.1, -0.05) is 90.0 Å². The SMILES string of the molecule is CC1=Cc2c(ccc3ccccc23)C1[Si].CCC1=C(C)C2C(C)=CC=C2S1. The summed E-state index contributed by atoms with van der Waals surface area (Å²) in [4.78, 5) is 3.13. The fourth-order valence-electron chi connectivity index (χ4n) is 4.29. The number of hydrogen-bond donors (Lipinski definition) is 0. The maximum Gasteiger partial charge on any atom is 0.0392 e. The van der Waals surface area contributed by atoms with Crippen LogP contribution in [0.3, 0.4) is 0 Å². The van der Waals surface area contributed by atoms with E-state index in [1.165, 1.54) is 39.5 Å². The molecule has 0 saturated heterocycles. The maximum atomic E-state index is 3.77. The molecule has 0 spiro atoms.